The van der Waals surface area contributed by atoms with E-state index < -0.39 is 18.1 Å². The number of carbonyl (C=O) groups is 1. The fourth-order valence-corrected chi connectivity index (χ4v) is 2.63. The Kier molecular flexibility index (Phi) is 5.80. The van der Waals surface area contributed by atoms with E-state index in [2.05, 4.69) is 5.32 Å². The average Bonchev–Trinajstić information content (AvgIpc) is 2.55. The molecular formula is C16H21F3N2O3. The Bertz CT molecular complexity index is 570. The third kappa shape index (κ3) is 4.46. The lowest BCUT2D eigenvalue weighted by atomic mass is 9.96. The van der Waals surface area contributed by atoms with E-state index in [1.165, 1.54) is 12.0 Å². The van der Waals surface area contributed by atoms with Gasteiger partial charge in [-0.1, -0.05) is 0 Å². The molecule has 1 saturated heterocycles. The Morgan fingerprint density at radius 2 is 1.96 bits per heavy atom. The van der Waals surface area contributed by atoms with Crippen molar-refractivity contribution in [3.05, 3.63) is 18.2 Å². The number of piperidine rings is 1. The van der Waals surface area contributed by atoms with Crippen LogP contribution in [0.1, 0.15) is 19.8 Å². The highest BCUT2D eigenvalue weighted by Gasteiger charge is 2.41. The van der Waals surface area contributed by atoms with E-state index in [0.29, 0.717) is 23.8 Å². The van der Waals surface area contributed by atoms with Crippen molar-refractivity contribution < 1.29 is 27.4 Å². The minimum atomic E-state index is -4.19. The van der Waals surface area contributed by atoms with Gasteiger partial charge >= 0.3 is 12.2 Å². The lowest BCUT2D eigenvalue weighted by molar-refractivity contribution is -0.183. The second-order valence-electron chi connectivity index (χ2n) is 5.53. The second-order valence-corrected chi connectivity index (χ2v) is 5.53. The molecule has 24 heavy (non-hydrogen) atoms. The topological polar surface area (TPSA) is 50.8 Å². The summed E-state index contributed by atoms with van der Waals surface area (Å²) in [6, 6.07) is 4.54. The van der Waals surface area contributed by atoms with Crippen LogP contribution >= 0.6 is 0 Å². The van der Waals surface area contributed by atoms with E-state index >= 15 is 0 Å². The fraction of sp³-hybridized carbons (Fsp3) is 0.562. The number of methoxy groups -OCH3 is 1. The molecule has 1 fully saturated rings. The molecule has 2 rings (SSSR count). The number of urea groups is 1. The van der Waals surface area contributed by atoms with Gasteiger partial charge in [0.2, 0.25) is 0 Å². The number of halogens is 3. The second kappa shape index (κ2) is 7.63. The van der Waals surface area contributed by atoms with Crippen LogP contribution in [-0.2, 0) is 0 Å². The van der Waals surface area contributed by atoms with Crippen molar-refractivity contribution in [2.45, 2.75) is 25.9 Å². The molecule has 1 N–H and O–H groups in total. The Labute approximate surface area is 138 Å². The summed E-state index contributed by atoms with van der Waals surface area (Å²) >= 11 is 0. The van der Waals surface area contributed by atoms with E-state index in [1.807, 2.05) is 6.92 Å². The predicted octanol–water partition coefficient (Wildman–Crippen LogP) is 3.90. The lowest BCUT2D eigenvalue weighted by Crippen LogP contribution is -2.43. The van der Waals surface area contributed by atoms with Crippen LogP contribution in [0.3, 0.4) is 0 Å². The van der Waals surface area contributed by atoms with Crippen molar-refractivity contribution in [1.29, 1.82) is 0 Å². The van der Waals surface area contributed by atoms with Gasteiger partial charge < -0.3 is 19.7 Å². The molecular weight excluding hydrogens is 325 g/mol. The van der Waals surface area contributed by atoms with Gasteiger partial charge in [-0.15, -0.1) is 0 Å². The van der Waals surface area contributed by atoms with Gasteiger partial charge in [0.15, 0.2) is 11.5 Å². The molecule has 1 aliphatic rings. The van der Waals surface area contributed by atoms with Crippen LogP contribution in [0, 0.1) is 5.92 Å². The van der Waals surface area contributed by atoms with Gasteiger partial charge in [0, 0.05) is 24.8 Å². The van der Waals surface area contributed by atoms with Crippen molar-refractivity contribution in [2.75, 3.05) is 32.1 Å². The summed E-state index contributed by atoms with van der Waals surface area (Å²) in [4.78, 5) is 13.6. The number of carbonyl (C=O) groups excluding carboxylic acids is 1. The first kappa shape index (κ1) is 18.2. The molecule has 1 heterocycles. The number of anilines is 1. The van der Waals surface area contributed by atoms with Crippen LogP contribution in [0.15, 0.2) is 18.2 Å². The average molecular weight is 346 g/mol. The van der Waals surface area contributed by atoms with Gasteiger partial charge in [0.1, 0.15) is 0 Å². The first-order valence-electron chi connectivity index (χ1n) is 7.78. The number of ether oxygens (including phenoxy) is 2. The third-order valence-electron chi connectivity index (χ3n) is 3.96. The van der Waals surface area contributed by atoms with Crippen LogP contribution in [0.4, 0.5) is 23.7 Å². The van der Waals surface area contributed by atoms with Gasteiger partial charge in [0.05, 0.1) is 19.6 Å². The Morgan fingerprint density at radius 3 is 2.50 bits per heavy atom. The highest BCUT2D eigenvalue weighted by Crippen LogP contribution is 2.34. The molecule has 1 aromatic carbocycles. The van der Waals surface area contributed by atoms with E-state index in [4.69, 9.17) is 9.47 Å². The summed E-state index contributed by atoms with van der Waals surface area (Å²) in [6.07, 6.45) is -4.32. The molecule has 0 aromatic heterocycles. The summed E-state index contributed by atoms with van der Waals surface area (Å²) in [6.45, 7) is 2.50. The zero-order chi connectivity index (χ0) is 17.7. The number of rotatable bonds is 4. The minimum Gasteiger partial charge on any atom is -0.493 e. The quantitative estimate of drug-likeness (QED) is 0.900. The van der Waals surface area contributed by atoms with Crippen molar-refractivity contribution in [1.82, 2.24) is 4.90 Å². The molecule has 0 spiro atoms. The van der Waals surface area contributed by atoms with Gasteiger partial charge in [-0.05, 0) is 31.9 Å². The van der Waals surface area contributed by atoms with Crippen molar-refractivity contribution >= 4 is 11.7 Å². The molecule has 0 bridgehead atoms. The first-order valence-corrected chi connectivity index (χ1v) is 7.78. The zero-order valence-electron chi connectivity index (χ0n) is 13.7. The molecule has 0 saturated carbocycles. The molecule has 0 atom stereocenters. The van der Waals surface area contributed by atoms with Gasteiger partial charge in [-0.2, -0.15) is 13.2 Å². The number of hydrogen-bond acceptors (Lipinski definition) is 3. The third-order valence-corrected chi connectivity index (χ3v) is 3.96. The van der Waals surface area contributed by atoms with Crippen molar-refractivity contribution in [3.63, 3.8) is 0 Å². The van der Waals surface area contributed by atoms with Crippen LogP contribution in [-0.4, -0.2) is 43.9 Å². The van der Waals surface area contributed by atoms with Crippen LogP contribution in [0.5, 0.6) is 11.5 Å². The standard InChI is InChI=1S/C16H21F3N2O3/c1-3-24-13-5-4-12(10-14(13)23-2)20-15(22)21-8-6-11(7-9-21)16(17,18)19/h4-5,10-11H,3,6-9H2,1-2H3,(H,20,22). The van der Waals surface area contributed by atoms with Crippen molar-refractivity contribution in [2.24, 2.45) is 5.92 Å². The van der Waals surface area contributed by atoms with E-state index in [0.717, 1.165) is 0 Å². The molecule has 0 radical (unpaired) electrons. The maximum absolute atomic E-state index is 12.7. The number of hydrogen-bond donors (Lipinski definition) is 1. The maximum atomic E-state index is 12.7. The number of amides is 2. The molecule has 1 aliphatic heterocycles. The summed E-state index contributed by atoms with van der Waals surface area (Å²) in [5, 5.41) is 2.68. The number of benzene rings is 1. The van der Waals surface area contributed by atoms with Crippen LogP contribution < -0.4 is 14.8 Å². The summed E-state index contributed by atoms with van der Waals surface area (Å²) < 4.78 is 48.6. The maximum Gasteiger partial charge on any atom is 0.391 e. The monoisotopic (exact) mass is 346 g/mol. The lowest BCUT2D eigenvalue weighted by Gasteiger charge is -2.32. The van der Waals surface area contributed by atoms with E-state index in [9.17, 15) is 18.0 Å². The van der Waals surface area contributed by atoms with Gasteiger partial charge in [0.25, 0.3) is 0 Å². The predicted molar refractivity (Wildman–Crippen MR) is 83.5 cm³/mol. The number of likely N-dealkylation sites (tertiary alicyclic amines) is 1. The molecule has 2 amide bonds. The first-order chi connectivity index (χ1) is 11.3. The zero-order valence-corrected chi connectivity index (χ0v) is 13.7. The Morgan fingerprint density at radius 1 is 1.29 bits per heavy atom. The minimum absolute atomic E-state index is 0.0660. The summed E-state index contributed by atoms with van der Waals surface area (Å²) in [5.74, 6) is -0.290. The molecule has 5 nitrogen and oxygen atoms in total. The smallest absolute Gasteiger partial charge is 0.391 e. The summed E-state index contributed by atoms with van der Waals surface area (Å²) in [5.41, 5.74) is 0.498. The molecule has 8 heteroatoms. The largest absolute Gasteiger partial charge is 0.493 e. The Hall–Kier alpha value is -2.12. The highest BCUT2D eigenvalue weighted by molar-refractivity contribution is 5.89. The number of nitrogens with one attached hydrogen (secondary N) is 1. The van der Waals surface area contributed by atoms with E-state index in [1.54, 1.807) is 18.2 Å². The van der Waals surface area contributed by atoms with Gasteiger partial charge in [-0.3, -0.25) is 0 Å². The summed E-state index contributed by atoms with van der Waals surface area (Å²) in [7, 11) is 1.49. The van der Waals surface area contributed by atoms with E-state index in [-0.39, 0.29) is 25.9 Å². The molecule has 1 aromatic rings. The highest BCUT2D eigenvalue weighted by atomic mass is 19.4. The molecule has 134 valence electrons. The molecule has 0 aliphatic carbocycles. The number of alkyl halides is 3. The van der Waals surface area contributed by atoms with Crippen molar-refractivity contribution in [3.8, 4) is 11.5 Å². The molecule has 0 unspecified atom stereocenters. The number of nitrogens with zero attached hydrogens (tertiary/aromatic N) is 1. The van der Waals surface area contributed by atoms with Gasteiger partial charge in [-0.25, -0.2) is 4.79 Å². The Balaban J connectivity index is 1.95. The van der Waals surface area contributed by atoms with Crippen LogP contribution in [0.25, 0.3) is 0 Å². The fourth-order valence-electron chi connectivity index (χ4n) is 2.63. The van der Waals surface area contributed by atoms with Crippen LogP contribution in [0.2, 0.25) is 0 Å². The normalized spacial score (nSPS) is 16.0. The SMILES string of the molecule is CCOc1ccc(NC(=O)N2CCC(C(F)(F)F)CC2)cc1OC.